The second-order valence-electron chi connectivity index (χ2n) is 7.40. The van der Waals surface area contributed by atoms with Gasteiger partial charge < -0.3 is 69.6 Å². The van der Waals surface area contributed by atoms with E-state index in [1.165, 1.54) is 0 Å². The van der Waals surface area contributed by atoms with Crippen LogP contribution >= 0.6 is 0 Å². The Kier molecular flexibility index (Phi) is 7.97. The summed E-state index contributed by atoms with van der Waals surface area (Å²) < 4.78 is 26.3. The van der Waals surface area contributed by atoms with Crippen LogP contribution in [0.25, 0.3) is 0 Å². The first-order valence-corrected chi connectivity index (χ1v) is 9.41. The Balaban J connectivity index is 1.74. The topological polar surface area (TPSA) is 228 Å². The summed E-state index contributed by atoms with van der Waals surface area (Å²) in [6.07, 6.45) is -19.9. The molecule has 0 unspecified atom stereocenters. The van der Waals surface area contributed by atoms with Gasteiger partial charge in [0.05, 0.1) is 19.8 Å². The third-order valence-electron chi connectivity index (χ3n) is 5.35. The van der Waals surface area contributed by atoms with Gasteiger partial charge in [0.25, 0.3) is 0 Å². The Labute approximate surface area is 170 Å². The molecule has 14 nitrogen and oxygen atoms in total. The van der Waals surface area contributed by atoms with Crippen LogP contribution in [-0.2, 0) is 23.7 Å². The zero-order valence-electron chi connectivity index (χ0n) is 15.7. The van der Waals surface area contributed by atoms with E-state index in [0.717, 1.165) is 0 Å². The van der Waals surface area contributed by atoms with Crippen molar-refractivity contribution in [3.8, 4) is 0 Å². The van der Waals surface area contributed by atoms with E-state index >= 15 is 0 Å². The fourth-order valence-electron chi connectivity index (χ4n) is 3.55. The highest BCUT2D eigenvalue weighted by atomic mass is 16.8. The van der Waals surface area contributed by atoms with Gasteiger partial charge in [-0.3, -0.25) is 0 Å². The Hall–Kier alpha value is -0.560. The SMILES string of the molecule is OC[C@@H]1O[C@@H](O[C@@H]2[C@@H](O[C@@H]3O[C@H](CO)[C@@H](O)[C@H](O)[C@H]3O)[C@@H](O)CO[C@H]2O)[C@H](O)[C@H]1O. The van der Waals surface area contributed by atoms with Crippen molar-refractivity contribution in [2.24, 2.45) is 0 Å². The van der Waals surface area contributed by atoms with E-state index in [4.69, 9.17) is 28.8 Å². The van der Waals surface area contributed by atoms with Gasteiger partial charge in [-0.1, -0.05) is 0 Å². The predicted molar refractivity (Wildman–Crippen MR) is 89.2 cm³/mol. The Morgan fingerprint density at radius 3 is 1.63 bits per heavy atom. The molecule has 9 N–H and O–H groups in total. The van der Waals surface area contributed by atoms with Gasteiger partial charge in [-0.2, -0.15) is 0 Å². The van der Waals surface area contributed by atoms with Crippen LogP contribution in [0.1, 0.15) is 0 Å². The number of rotatable bonds is 6. The van der Waals surface area contributed by atoms with Crippen molar-refractivity contribution < 1.29 is 69.6 Å². The van der Waals surface area contributed by atoms with Crippen LogP contribution in [0.2, 0.25) is 0 Å². The monoisotopic (exact) mass is 444 g/mol. The molecule has 3 aliphatic heterocycles. The molecule has 0 aliphatic carbocycles. The molecule has 14 heteroatoms. The maximum atomic E-state index is 10.3. The van der Waals surface area contributed by atoms with Gasteiger partial charge in [0.1, 0.15) is 61.0 Å². The minimum absolute atomic E-state index is 0.404. The lowest BCUT2D eigenvalue weighted by Gasteiger charge is -2.44. The second kappa shape index (κ2) is 9.93. The fraction of sp³-hybridized carbons (Fsp3) is 1.00. The number of aliphatic hydroxyl groups excluding tert-OH is 9. The zero-order valence-corrected chi connectivity index (χ0v) is 15.7. The molecule has 3 saturated heterocycles. The third kappa shape index (κ3) is 4.62. The van der Waals surface area contributed by atoms with Gasteiger partial charge in [-0.25, -0.2) is 0 Å². The highest BCUT2D eigenvalue weighted by Gasteiger charge is 2.51. The second-order valence-corrected chi connectivity index (χ2v) is 7.40. The lowest BCUT2D eigenvalue weighted by atomic mass is 9.98. The lowest BCUT2D eigenvalue weighted by molar-refractivity contribution is -0.361. The fourth-order valence-corrected chi connectivity index (χ4v) is 3.55. The summed E-state index contributed by atoms with van der Waals surface area (Å²) in [5.41, 5.74) is 0. The standard InChI is InChI=1S/C16H28O14/c17-1-5-7(20)9(22)11(24)16(27-5)29-12-4(19)3-26-14(25)13(12)30-15-10(23)8(21)6(2-18)28-15/h4-25H,1-3H2/t4-,5+,6-,7+,8-,9-,10+,11+,12-,13+,14+,15-,16-/m0/s1. The summed E-state index contributed by atoms with van der Waals surface area (Å²) in [5, 5.41) is 88.6. The van der Waals surface area contributed by atoms with Gasteiger partial charge in [0, 0.05) is 0 Å². The summed E-state index contributed by atoms with van der Waals surface area (Å²) in [4.78, 5) is 0. The summed E-state index contributed by atoms with van der Waals surface area (Å²) in [7, 11) is 0. The maximum absolute atomic E-state index is 10.3. The van der Waals surface area contributed by atoms with Crippen LogP contribution in [0.5, 0.6) is 0 Å². The maximum Gasteiger partial charge on any atom is 0.187 e. The molecule has 0 amide bonds. The first-order chi connectivity index (χ1) is 14.2. The van der Waals surface area contributed by atoms with E-state index in [1.54, 1.807) is 0 Å². The number of ether oxygens (including phenoxy) is 5. The van der Waals surface area contributed by atoms with E-state index < -0.39 is 99.7 Å². The Morgan fingerprint density at radius 2 is 1.10 bits per heavy atom. The van der Waals surface area contributed by atoms with Gasteiger partial charge in [0.15, 0.2) is 18.9 Å². The van der Waals surface area contributed by atoms with Crippen molar-refractivity contribution >= 4 is 0 Å². The van der Waals surface area contributed by atoms with Crippen LogP contribution in [0.4, 0.5) is 0 Å². The normalized spacial score (nSPS) is 52.5. The van der Waals surface area contributed by atoms with Gasteiger partial charge in [-0.15, -0.1) is 0 Å². The van der Waals surface area contributed by atoms with Crippen molar-refractivity contribution in [1.82, 2.24) is 0 Å². The van der Waals surface area contributed by atoms with Crippen LogP contribution in [0, 0.1) is 0 Å². The molecular formula is C16H28O14. The predicted octanol–water partition coefficient (Wildman–Crippen LogP) is -6.29. The first kappa shape index (κ1) is 24.1. The van der Waals surface area contributed by atoms with Crippen LogP contribution in [-0.4, -0.2) is 146 Å². The smallest absolute Gasteiger partial charge is 0.187 e. The number of aliphatic hydroxyl groups is 9. The van der Waals surface area contributed by atoms with E-state index in [1.807, 2.05) is 0 Å². The lowest BCUT2D eigenvalue weighted by Crippen LogP contribution is -2.63. The average molecular weight is 444 g/mol. The Bertz CT molecular complexity index is 550. The quantitative estimate of drug-likeness (QED) is 0.186. The van der Waals surface area contributed by atoms with E-state index in [2.05, 4.69) is 0 Å². The minimum atomic E-state index is -1.77. The third-order valence-corrected chi connectivity index (χ3v) is 5.35. The van der Waals surface area contributed by atoms with Crippen molar-refractivity contribution in [3.63, 3.8) is 0 Å². The van der Waals surface area contributed by atoms with Crippen molar-refractivity contribution in [2.45, 2.75) is 79.9 Å². The van der Waals surface area contributed by atoms with Crippen LogP contribution < -0.4 is 0 Å². The van der Waals surface area contributed by atoms with Crippen LogP contribution in [0.15, 0.2) is 0 Å². The first-order valence-electron chi connectivity index (χ1n) is 9.41. The average Bonchev–Trinajstić information content (AvgIpc) is 3.00. The molecule has 3 rings (SSSR count). The molecule has 0 aromatic rings. The molecule has 0 radical (unpaired) electrons. The molecule has 3 heterocycles. The van der Waals surface area contributed by atoms with E-state index in [0.29, 0.717) is 0 Å². The highest BCUT2D eigenvalue weighted by molar-refractivity contribution is 4.93. The molecule has 13 atom stereocenters. The summed E-state index contributed by atoms with van der Waals surface area (Å²) >= 11 is 0. The van der Waals surface area contributed by atoms with E-state index in [9.17, 15) is 40.9 Å². The molecule has 3 fully saturated rings. The van der Waals surface area contributed by atoms with Crippen molar-refractivity contribution in [2.75, 3.05) is 19.8 Å². The molecule has 0 saturated carbocycles. The molecular weight excluding hydrogens is 416 g/mol. The molecule has 176 valence electrons. The zero-order chi connectivity index (χ0) is 22.2. The number of hydrogen-bond acceptors (Lipinski definition) is 14. The largest absolute Gasteiger partial charge is 0.394 e. The molecule has 0 aromatic carbocycles. The van der Waals surface area contributed by atoms with Gasteiger partial charge >= 0.3 is 0 Å². The highest BCUT2D eigenvalue weighted by Crippen LogP contribution is 2.31. The summed E-state index contributed by atoms with van der Waals surface area (Å²) in [5.74, 6) is 0. The molecule has 0 aromatic heterocycles. The number of hydrogen-bond donors (Lipinski definition) is 9. The van der Waals surface area contributed by atoms with Crippen LogP contribution in [0.3, 0.4) is 0 Å². The van der Waals surface area contributed by atoms with Gasteiger partial charge in [-0.05, 0) is 0 Å². The Morgan fingerprint density at radius 1 is 0.633 bits per heavy atom. The van der Waals surface area contributed by atoms with Crippen molar-refractivity contribution in [3.05, 3.63) is 0 Å². The van der Waals surface area contributed by atoms with E-state index in [-0.39, 0.29) is 0 Å². The summed E-state index contributed by atoms with van der Waals surface area (Å²) in [6.45, 7) is -1.72. The van der Waals surface area contributed by atoms with Crippen molar-refractivity contribution in [1.29, 1.82) is 0 Å². The van der Waals surface area contributed by atoms with Gasteiger partial charge in [0.2, 0.25) is 0 Å². The molecule has 30 heavy (non-hydrogen) atoms. The minimum Gasteiger partial charge on any atom is -0.394 e. The molecule has 3 aliphatic rings. The molecule has 0 spiro atoms. The summed E-state index contributed by atoms with van der Waals surface area (Å²) in [6, 6.07) is 0. The molecule has 0 bridgehead atoms.